The standard InChI is InChI=1S/C10H23NO/c1-5-7-11-8-10(4)12-9(3)6-2/h9-11H,5-8H2,1-4H3. The molecule has 0 saturated heterocycles. The Bertz CT molecular complexity index is 95.8. The third-order valence-corrected chi connectivity index (χ3v) is 1.90. The van der Waals surface area contributed by atoms with Crippen molar-refractivity contribution >= 4 is 0 Å². The van der Waals surface area contributed by atoms with Gasteiger partial charge in [-0.1, -0.05) is 13.8 Å². The maximum atomic E-state index is 5.68. The van der Waals surface area contributed by atoms with E-state index in [0.29, 0.717) is 12.2 Å². The minimum Gasteiger partial charge on any atom is -0.374 e. The molecule has 2 atom stereocenters. The Morgan fingerprint density at radius 1 is 1.17 bits per heavy atom. The lowest BCUT2D eigenvalue weighted by atomic mass is 10.3. The average molecular weight is 173 g/mol. The van der Waals surface area contributed by atoms with Gasteiger partial charge in [0.15, 0.2) is 0 Å². The van der Waals surface area contributed by atoms with Crippen LogP contribution in [0.5, 0.6) is 0 Å². The van der Waals surface area contributed by atoms with Crippen molar-refractivity contribution in [1.29, 1.82) is 0 Å². The molecule has 0 heterocycles. The fourth-order valence-electron chi connectivity index (χ4n) is 1.02. The first kappa shape index (κ1) is 11.9. The van der Waals surface area contributed by atoms with Gasteiger partial charge < -0.3 is 10.1 Å². The van der Waals surface area contributed by atoms with Gasteiger partial charge in [-0.15, -0.1) is 0 Å². The van der Waals surface area contributed by atoms with E-state index < -0.39 is 0 Å². The number of nitrogens with one attached hydrogen (secondary N) is 1. The Morgan fingerprint density at radius 2 is 1.83 bits per heavy atom. The summed E-state index contributed by atoms with van der Waals surface area (Å²) >= 11 is 0. The summed E-state index contributed by atoms with van der Waals surface area (Å²) in [5.41, 5.74) is 0. The molecule has 74 valence electrons. The van der Waals surface area contributed by atoms with Gasteiger partial charge in [0.25, 0.3) is 0 Å². The highest BCUT2D eigenvalue weighted by Crippen LogP contribution is 2.00. The lowest BCUT2D eigenvalue weighted by molar-refractivity contribution is 0.00760. The van der Waals surface area contributed by atoms with Gasteiger partial charge in [0, 0.05) is 6.54 Å². The van der Waals surface area contributed by atoms with Gasteiger partial charge in [-0.3, -0.25) is 0 Å². The molecule has 0 aliphatic heterocycles. The van der Waals surface area contributed by atoms with E-state index in [2.05, 4.69) is 33.0 Å². The molecule has 0 spiro atoms. The van der Waals surface area contributed by atoms with Crippen LogP contribution in [-0.4, -0.2) is 25.3 Å². The van der Waals surface area contributed by atoms with Gasteiger partial charge in [-0.2, -0.15) is 0 Å². The largest absolute Gasteiger partial charge is 0.374 e. The summed E-state index contributed by atoms with van der Waals surface area (Å²) in [5.74, 6) is 0. The van der Waals surface area contributed by atoms with Crippen LogP contribution in [-0.2, 0) is 4.74 Å². The average Bonchev–Trinajstić information content (AvgIpc) is 2.05. The molecule has 0 aromatic carbocycles. The van der Waals surface area contributed by atoms with Crippen LogP contribution in [0.1, 0.15) is 40.5 Å². The molecule has 2 unspecified atom stereocenters. The predicted molar refractivity (Wildman–Crippen MR) is 53.5 cm³/mol. The van der Waals surface area contributed by atoms with Gasteiger partial charge in [0.2, 0.25) is 0 Å². The van der Waals surface area contributed by atoms with Gasteiger partial charge in [0.1, 0.15) is 0 Å². The minimum atomic E-state index is 0.339. The summed E-state index contributed by atoms with van der Waals surface area (Å²) in [6, 6.07) is 0. The molecule has 2 nitrogen and oxygen atoms in total. The van der Waals surface area contributed by atoms with E-state index in [0.717, 1.165) is 19.5 Å². The van der Waals surface area contributed by atoms with E-state index >= 15 is 0 Å². The molecular weight excluding hydrogens is 150 g/mol. The molecule has 0 fully saturated rings. The minimum absolute atomic E-state index is 0.339. The summed E-state index contributed by atoms with van der Waals surface area (Å²) in [7, 11) is 0. The number of hydrogen-bond donors (Lipinski definition) is 1. The second-order valence-electron chi connectivity index (χ2n) is 3.37. The molecule has 0 amide bonds. The fourth-order valence-corrected chi connectivity index (χ4v) is 1.02. The van der Waals surface area contributed by atoms with E-state index in [-0.39, 0.29) is 0 Å². The topological polar surface area (TPSA) is 21.3 Å². The van der Waals surface area contributed by atoms with Gasteiger partial charge in [0.05, 0.1) is 12.2 Å². The van der Waals surface area contributed by atoms with Crippen LogP contribution in [0.15, 0.2) is 0 Å². The first-order chi connectivity index (χ1) is 5.70. The molecule has 0 radical (unpaired) electrons. The van der Waals surface area contributed by atoms with E-state index in [1.807, 2.05) is 0 Å². The summed E-state index contributed by atoms with van der Waals surface area (Å²) in [5, 5.41) is 3.34. The molecule has 0 aromatic rings. The Hall–Kier alpha value is -0.0800. The van der Waals surface area contributed by atoms with Crippen LogP contribution >= 0.6 is 0 Å². The van der Waals surface area contributed by atoms with Gasteiger partial charge in [-0.25, -0.2) is 0 Å². The SMILES string of the molecule is CCCNCC(C)OC(C)CC. The van der Waals surface area contributed by atoms with Crippen molar-refractivity contribution in [1.82, 2.24) is 5.32 Å². The molecule has 0 saturated carbocycles. The van der Waals surface area contributed by atoms with E-state index in [4.69, 9.17) is 4.74 Å². The zero-order valence-corrected chi connectivity index (χ0v) is 8.89. The molecule has 0 aliphatic rings. The normalized spacial score (nSPS) is 16.0. The highest BCUT2D eigenvalue weighted by atomic mass is 16.5. The number of ether oxygens (including phenoxy) is 1. The molecular formula is C10H23NO. The van der Waals surface area contributed by atoms with Crippen molar-refractivity contribution in [3.63, 3.8) is 0 Å². The van der Waals surface area contributed by atoms with Crippen molar-refractivity contribution in [2.45, 2.75) is 52.7 Å². The maximum Gasteiger partial charge on any atom is 0.0674 e. The van der Waals surface area contributed by atoms with Gasteiger partial charge >= 0.3 is 0 Å². The Balaban J connectivity index is 3.26. The highest BCUT2D eigenvalue weighted by Gasteiger charge is 2.05. The summed E-state index contributed by atoms with van der Waals surface area (Å²) in [6.45, 7) is 10.6. The van der Waals surface area contributed by atoms with Crippen LogP contribution in [0, 0.1) is 0 Å². The fraction of sp³-hybridized carbons (Fsp3) is 1.00. The quantitative estimate of drug-likeness (QED) is 0.596. The first-order valence-corrected chi connectivity index (χ1v) is 5.06. The summed E-state index contributed by atoms with van der Waals surface area (Å²) < 4.78 is 5.68. The molecule has 0 aromatic heterocycles. The first-order valence-electron chi connectivity index (χ1n) is 5.06. The zero-order valence-electron chi connectivity index (χ0n) is 8.89. The second kappa shape index (κ2) is 7.56. The van der Waals surface area contributed by atoms with Crippen LogP contribution < -0.4 is 5.32 Å². The van der Waals surface area contributed by atoms with Gasteiger partial charge in [-0.05, 0) is 33.2 Å². The van der Waals surface area contributed by atoms with Crippen molar-refractivity contribution in [3.8, 4) is 0 Å². The number of rotatable bonds is 7. The Kier molecular flexibility index (Phi) is 7.51. The lowest BCUT2D eigenvalue weighted by Crippen LogP contribution is -2.29. The smallest absolute Gasteiger partial charge is 0.0674 e. The molecule has 1 N–H and O–H groups in total. The predicted octanol–water partition coefficient (Wildman–Crippen LogP) is 2.19. The molecule has 0 rings (SSSR count). The lowest BCUT2D eigenvalue weighted by Gasteiger charge is -2.18. The molecule has 2 heteroatoms. The summed E-state index contributed by atoms with van der Waals surface area (Å²) in [6.07, 6.45) is 3.02. The zero-order chi connectivity index (χ0) is 9.40. The van der Waals surface area contributed by atoms with Crippen molar-refractivity contribution in [2.24, 2.45) is 0 Å². The Morgan fingerprint density at radius 3 is 2.33 bits per heavy atom. The van der Waals surface area contributed by atoms with Crippen molar-refractivity contribution in [3.05, 3.63) is 0 Å². The second-order valence-corrected chi connectivity index (χ2v) is 3.37. The molecule has 0 aliphatic carbocycles. The van der Waals surface area contributed by atoms with E-state index in [1.54, 1.807) is 0 Å². The third-order valence-electron chi connectivity index (χ3n) is 1.90. The van der Waals surface area contributed by atoms with E-state index in [1.165, 1.54) is 6.42 Å². The third kappa shape index (κ3) is 6.62. The highest BCUT2D eigenvalue weighted by molar-refractivity contribution is 4.57. The van der Waals surface area contributed by atoms with Crippen LogP contribution in [0.25, 0.3) is 0 Å². The molecule has 0 bridgehead atoms. The van der Waals surface area contributed by atoms with Crippen LogP contribution in [0.3, 0.4) is 0 Å². The van der Waals surface area contributed by atoms with Crippen molar-refractivity contribution < 1.29 is 4.74 Å². The van der Waals surface area contributed by atoms with Crippen molar-refractivity contribution in [2.75, 3.05) is 13.1 Å². The van der Waals surface area contributed by atoms with E-state index in [9.17, 15) is 0 Å². The summed E-state index contributed by atoms with van der Waals surface area (Å²) in [4.78, 5) is 0. The monoisotopic (exact) mass is 173 g/mol. The molecule has 12 heavy (non-hydrogen) atoms. The van der Waals surface area contributed by atoms with Crippen LogP contribution in [0.2, 0.25) is 0 Å². The number of hydrogen-bond acceptors (Lipinski definition) is 2. The van der Waals surface area contributed by atoms with Crippen LogP contribution in [0.4, 0.5) is 0 Å². The Labute approximate surface area is 76.7 Å². The maximum absolute atomic E-state index is 5.68.